The summed E-state index contributed by atoms with van der Waals surface area (Å²) < 4.78 is 0. The number of H-pyrrole nitrogens is 1. The lowest BCUT2D eigenvalue weighted by Crippen LogP contribution is -2.58. The molecule has 1 fully saturated rings. The summed E-state index contributed by atoms with van der Waals surface area (Å²) in [6.07, 6.45) is 0.181. The van der Waals surface area contributed by atoms with Gasteiger partial charge in [0.25, 0.3) is 0 Å². The Morgan fingerprint density at radius 2 is 2.16 bits per heavy atom. The van der Waals surface area contributed by atoms with Crippen LogP contribution >= 0.6 is 0 Å². The first-order valence-electron chi connectivity index (χ1n) is 8.66. The van der Waals surface area contributed by atoms with Crippen molar-refractivity contribution >= 4 is 22.8 Å². The maximum absolute atomic E-state index is 12.6. The number of nitrogens with zero attached hydrogens (tertiary/aromatic N) is 3. The summed E-state index contributed by atoms with van der Waals surface area (Å²) in [4.78, 5) is 36.3. The number of imidazole rings is 1. The second-order valence-electron chi connectivity index (χ2n) is 6.79. The molecule has 1 aliphatic heterocycles. The Labute approximate surface area is 147 Å². The van der Waals surface area contributed by atoms with E-state index in [4.69, 9.17) is 0 Å². The summed E-state index contributed by atoms with van der Waals surface area (Å²) in [6, 6.07) is 7.60. The van der Waals surface area contributed by atoms with Crippen molar-refractivity contribution in [2.75, 3.05) is 20.1 Å². The monoisotopic (exact) mass is 343 g/mol. The minimum absolute atomic E-state index is 0.0619. The van der Waals surface area contributed by atoms with Gasteiger partial charge in [0.15, 0.2) is 0 Å². The molecule has 2 aromatic rings. The Morgan fingerprint density at radius 1 is 1.40 bits per heavy atom. The summed E-state index contributed by atoms with van der Waals surface area (Å²) >= 11 is 0. The summed E-state index contributed by atoms with van der Waals surface area (Å²) in [5, 5.41) is 2.86. The molecule has 7 nitrogen and oxygen atoms in total. The third kappa shape index (κ3) is 3.82. The van der Waals surface area contributed by atoms with E-state index in [0.717, 1.165) is 23.4 Å². The van der Waals surface area contributed by atoms with Crippen LogP contribution in [-0.2, 0) is 16.1 Å². The molecule has 0 aliphatic carbocycles. The van der Waals surface area contributed by atoms with Crippen LogP contribution in [-0.4, -0.2) is 63.8 Å². The van der Waals surface area contributed by atoms with E-state index >= 15 is 0 Å². The second-order valence-corrected chi connectivity index (χ2v) is 6.79. The van der Waals surface area contributed by atoms with Gasteiger partial charge in [-0.15, -0.1) is 0 Å². The summed E-state index contributed by atoms with van der Waals surface area (Å²) in [5.41, 5.74) is 1.84. The molecule has 2 N–H and O–H groups in total. The van der Waals surface area contributed by atoms with Crippen LogP contribution in [0.2, 0.25) is 0 Å². The summed E-state index contributed by atoms with van der Waals surface area (Å²) in [7, 11) is 1.75. The van der Waals surface area contributed by atoms with Crippen LogP contribution < -0.4 is 5.32 Å². The Bertz CT molecular complexity index is 737. The van der Waals surface area contributed by atoms with E-state index < -0.39 is 6.04 Å². The molecule has 0 spiro atoms. The van der Waals surface area contributed by atoms with E-state index in [1.54, 1.807) is 11.9 Å². The minimum Gasteiger partial charge on any atom is -0.353 e. The Balaban J connectivity index is 1.66. The summed E-state index contributed by atoms with van der Waals surface area (Å²) in [6.45, 7) is 5.90. The fraction of sp³-hybridized carbons (Fsp3) is 0.500. The van der Waals surface area contributed by atoms with Gasteiger partial charge in [0, 0.05) is 26.2 Å². The predicted molar refractivity (Wildman–Crippen MR) is 95.8 cm³/mol. The van der Waals surface area contributed by atoms with Crippen LogP contribution in [0.25, 0.3) is 11.0 Å². The number of carbonyl (C=O) groups excluding carboxylic acids is 2. The molecular formula is C18H25N5O2. The number of aromatic amines is 1. The first-order valence-corrected chi connectivity index (χ1v) is 8.66. The SMILES string of the molecule is CC(C)N1CCNC(=O)C1CC(=O)N(C)Cc1nc2ccccc2[nH]1. The molecule has 0 bridgehead atoms. The highest BCUT2D eigenvalue weighted by atomic mass is 16.2. The van der Waals surface area contributed by atoms with E-state index in [0.29, 0.717) is 13.1 Å². The van der Waals surface area contributed by atoms with Gasteiger partial charge >= 0.3 is 0 Å². The molecule has 7 heteroatoms. The fourth-order valence-corrected chi connectivity index (χ4v) is 3.28. The standard InChI is InChI=1S/C18H25N5O2/c1-12(2)23-9-8-19-18(25)15(23)10-17(24)22(3)11-16-20-13-6-4-5-7-14(13)21-16/h4-7,12,15H,8-11H2,1-3H3,(H,19,25)(H,20,21). The van der Waals surface area contributed by atoms with Gasteiger partial charge in [0.05, 0.1) is 30.0 Å². The first kappa shape index (κ1) is 17.4. The van der Waals surface area contributed by atoms with Gasteiger partial charge in [-0.1, -0.05) is 12.1 Å². The van der Waals surface area contributed by atoms with Crippen LogP contribution in [0.3, 0.4) is 0 Å². The highest BCUT2D eigenvalue weighted by molar-refractivity contribution is 5.88. The van der Waals surface area contributed by atoms with E-state index in [2.05, 4.69) is 20.2 Å². The number of rotatable bonds is 5. The molecule has 25 heavy (non-hydrogen) atoms. The topological polar surface area (TPSA) is 81.3 Å². The fourth-order valence-electron chi connectivity index (χ4n) is 3.28. The highest BCUT2D eigenvalue weighted by Gasteiger charge is 2.33. The van der Waals surface area contributed by atoms with Crippen molar-refractivity contribution in [1.82, 2.24) is 25.1 Å². The first-order chi connectivity index (χ1) is 12.0. The molecule has 134 valence electrons. The number of para-hydroxylation sites is 2. The van der Waals surface area contributed by atoms with Crippen LogP contribution in [0.4, 0.5) is 0 Å². The van der Waals surface area contributed by atoms with E-state index in [1.807, 2.05) is 38.1 Å². The maximum Gasteiger partial charge on any atom is 0.237 e. The zero-order valence-corrected chi connectivity index (χ0v) is 15.0. The highest BCUT2D eigenvalue weighted by Crippen LogP contribution is 2.15. The largest absolute Gasteiger partial charge is 0.353 e. The lowest BCUT2D eigenvalue weighted by Gasteiger charge is -2.38. The average Bonchev–Trinajstić information content (AvgIpc) is 2.98. The predicted octanol–water partition coefficient (Wildman–Crippen LogP) is 1.12. The van der Waals surface area contributed by atoms with Crippen molar-refractivity contribution in [2.24, 2.45) is 0 Å². The second kappa shape index (κ2) is 7.23. The number of benzene rings is 1. The number of hydrogen-bond donors (Lipinski definition) is 2. The van der Waals surface area contributed by atoms with Crippen molar-refractivity contribution in [3.8, 4) is 0 Å². The number of aromatic nitrogens is 2. The average molecular weight is 343 g/mol. The van der Waals surface area contributed by atoms with Gasteiger partial charge in [-0.05, 0) is 26.0 Å². The van der Waals surface area contributed by atoms with Crippen molar-refractivity contribution in [2.45, 2.75) is 38.9 Å². The molecule has 1 aliphatic rings. The molecule has 3 rings (SSSR count). The zero-order chi connectivity index (χ0) is 18.0. The van der Waals surface area contributed by atoms with Gasteiger partial charge in [-0.2, -0.15) is 0 Å². The molecule has 2 heterocycles. The normalized spacial score (nSPS) is 18.6. The van der Waals surface area contributed by atoms with Gasteiger partial charge in [-0.3, -0.25) is 14.5 Å². The summed E-state index contributed by atoms with van der Waals surface area (Å²) in [5.74, 6) is 0.615. The molecule has 0 radical (unpaired) electrons. The molecule has 0 saturated carbocycles. The Hall–Kier alpha value is -2.41. The van der Waals surface area contributed by atoms with Gasteiger partial charge in [0.1, 0.15) is 5.82 Å². The number of fused-ring (bicyclic) bond motifs is 1. The number of amides is 2. The van der Waals surface area contributed by atoms with Crippen LogP contribution in [0, 0.1) is 0 Å². The molecule has 1 saturated heterocycles. The Morgan fingerprint density at radius 3 is 2.88 bits per heavy atom. The van der Waals surface area contributed by atoms with Crippen LogP contribution in [0.15, 0.2) is 24.3 Å². The van der Waals surface area contributed by atoms with Gasteiger partial charge in [-0.25, -0.2) is 4.98 Å². The van der Waals surface area contributed by atoms with E-state index in [-0.39, 0.29) is 24.3 Å². The van der Waals surface area contributed by atoms with Crippen molar-refractivity contribution in [1.29, 1.82) is 0 Å². The third-order valence-electron chi connectivity index (χ3n) is 4.65. The minimum atomic E-state index is -0.403. The van der Waals surface area contributed by atoms with Crippen molar-refractivity contribution in [3.63, 3.8) is 0 Å². The van der Waals surface area contributed by atoms with E-state index in [1.165, 1.54) is 0 Å². The quantitative estimate of drug-likeness (QED) is 0.852. The van der Waals surface area contributed by atoms with Crippen LogP contribution in [0.5, 0.6) is 0 Å². The smallest absolute Gasteiger partial charge is 0.237 e. The maximum atomic E-state index is 12.6. The van der Waals surface area contributed by atoms with Gasteiger partial charge in [0.2, 0.25) is 11.8 Å². The van der Waals surface area contributed by atoms with Gasteiger partial charge < -0.3 is 15.2 Å². The van der Waals surface area contributed by atoms with Crippen LogP contribution in [0.1, 0.15) is 26.1 Å². The Kier molecular flexibility index (Phi) is 5.03. The molecule has 1 unspecified atom stereocenters. The molecule has 1 atom stereocenters. The number of carbonyl (C=O) groups is 2. The number of nitrogens with one attached hydrogen (secondary N) is 2. The number of hydrogen-bond acceptors (Lipinski definition) is 4. The lowest BCUT2D eigenvalue weighted by molar-refractivity contribution is -0.139. The number of piperazine rings is 1. The third-order valence-corrected chi connectivity index (χ3v) is 4.65. The molecule has 1 aromatic heterocycles. The van der Waals surface area contributed by atoms with Crippen molar-refractivity contribution in [3.05, 3.63) is 30.1 Å². The molecule has 1 aromatic carbocycles. The lowest BCUT2D eigenvalue weighted by atomic mass is 10.1. The molecular weight excluding hydrogens is 318 g/mol. The molecule has 2 amide bonds. The van der Waals surface area contributed by atoms with E-state index in [9.17, 15) is 9.59 Å². The van der Waals surface area contributed by atoms with Crippen molar-refractivity contribution < 1.29 is 9.59 Å². The zero-order valence-electron chi connectivity index (χ0n) is 15.0.